The lowest BCUT2D eigenvalue weighted by molar-refractivity contribution is 0.0335. The van der Waals surface area contributed by atoms with Crippen molar-refractivity contribution in [1.82, 2.24) is 9.78 Å². The molecule has 6 heteroatoms. The van der Waals surface area contributed by atoms with E-state index in [1.807, 2.05) is 44.2 Å². The highest BCUT2D eigenvalue weighted by molar-refractivity contribution is 5.96. The number of anilines is 1. The van der Waals surface area contributed by atoms with Crippen molar-refractivity contribution in [2.24, 2.45) is 0 Å². The van der Waals surface area contributed by atoms with Gasteiger partial charge >= 0.3 is 5.97 Å². The summed E-state index contributed by atoms with van der Waals surface area (Å²) >= 11 is 0. The number of aromatic nitrogens is 2. The van der Waals surface area contributed by atoms with Gasteiger partial charge in [0.05, 0.1) is 18.0 Å². The Kier molecular flexibility index (Phi) is 5.55. The third-order valence-corrected chi connectivity index (χ3v) is 3.20. The summed E-state index contributed by atoms with van der Waals surface area (Å²) in [6, 6.07) is 9.46. The van der Waals surface area contributed by atoms with Crippen LogP contribution in [0.2, 0.25) is 0 Å². The molecule has 2 aromatic rings. The van der Waals surface area contributed by atoms with Gasteiger partial charge in [-0.2, -0.15) is 5.10 Å². The van der Waals surface area contributed by atoms with E-state index in [2.05, 4.69) is 5.10 Å². The number of benzene rings is 1. The van der Waals surface area contributed by atoms with Crippen LogP contribution in [0.5, 0.6) is 0 Å². The smallest absolute Gasteiger partial charge is 0.343 e. The number of hydrogen-bond acceptors (Lipinski definition) is 5. The Labute approximate surface area is 129 Å². The van der Waals surface area contributed by atoms with Crippen LogP contribution in [-0.2, 0) is 15.9 Å². The van der Waals surface area contributed by atoms with Crippen molar-refractivity contribution in [3.63, 3.8) is 0 Å². The highest BCUT2D eigenvalue weighted by Gasteiger charge is 2.23. The topological polar surface area (TPSA) is 79.4 Å². The Morgan fingerprint density at radius 2 is 1.95 bits per heavy atom. The standard InChI is InChI=1S/C16H21N3O3/c1-3-13-14(16(20)22-11-10-21-4-2)15(17)19(18-13)12-8-6-5-7-9-12/h5-9H,3-4,10-11,17H2,1-2H3. The lowest BCUT2D eigenvalue weighted by Crippen LogP contribution is -2.13. The SMILES string of the molecule is CCOCCOC(=O)c1c(CC)nn(-c2ccccc2)c1N. The van der Waals surface area contributed by atoms with Crippen molar-refractivity contribution in [1.29, 1.82) is 0 Å². The van der Waals surface area contributed by atoms with Gasteiger partial charge in [0.25, 0.3) is 0 Å². The fourth-order valence-electron chi connectivity index (χ4n) is 2.12. The van der Waals surface area contributed by atoms with Gasteiger partial charge in [-0.25, -0.2) is 9.48 Å². The summed E-state index contributed by atoms with van der Waals surface area (Å²) in [6.45, 7) is 4.97. The zero-order valence-corrected chi connectivity index (χ0v) is 12.9. The highest BCUT2D eigenvalue weighted by atomic mass is 16.6. The van der Waals surface area contributed by atoms with E-state index in [1.165, 1.54) is 0 Å². The fraction of sp³-hybridized carbons (Fsp3) is 0.375. The van der Waals surface area contributed by atoms with Crippen LogP contribution >= 0.6 is 0 Å². The number of carbonyl (C=O) groups excluding carboxylic acids is 1. The molecule has 0 saturated carbocycles. The largest absolute Gasteiger partial charge is 0.459 e. The quantitative estimate of drug-likeness (QED) is 0.626. The minimum Gasteiger partial charge on any atom is -0.459 e. The number of rotatable bonds is 7. The van der Waals surface area contributed by atoms with E-state index >= 15 is 0 Å². The number of para-hydroxylation sites is 1. The van der Waals surface area contributed by atoms with E-state index in [9.17, 15) is 4.79 Å². The second-order valence-corrected chi connectivity index (χ2v) is 4.64. The zero-order valence-electron chi connectivity index (χ0n) is 12.9. The second kappa shape index (κ2) is 7.61. The Morgan fingerprint density at radius 3 is 2.59 bits per heavy atom. The van der Waals surface area contributed by atoms with Gasteiger partial charge < -0.3 is 15.2 Å². The lowest BCUT2D eigenvalue weighted by Gasteiger charge is -2.06. The van der Waals surface area contributed by atoms with Crippen LogP contribution in [0.4, 0.5) is 5.82 Å². The number of ether oxygens (including phenoxy) is 2. The van der Waals surface area contributed by atoms with E-state index in [4.69, 9.17) is 15.2 Å². The molecule has 1 aromatic carbocycles. The van der Waals surface area contributed by atoms with Gasteiger partial charge in [0.2, 0.25) is 0 Å². The van der Waals surface area contributed by atoms with E-state index in [1.54, 1.807) is 4.68 Å². The molecule has 0 unspecified atom stereocenters. The highest BCUT2D eigenvalue weighted by Crippen LogP contribution is 2.22. The number of nitrogens with zero attached hydrogens (tertiary/aromatic N) is 2. The summed E-state index contributed by atoms with van der Waals surface area (Å²) in [6.07, 6.45) is 0.597. The van der Waals surface area contributed by atoms with Gasteiger partial charge in [0, 0.05) is 6.61 Å². The average molecular weight is 303 g/mol. The van der Waals surface area contributed by atoms with E-state index in [-0.39, 0.29) is 6.61 Å². The summed E-state index contributed by atoms with van der Waals surface area (Å²) in [7, 11) is 0. The molecule has 0 bridgehead atoms. The molecular formula is C16H21N3O3. The predicted molar refractivity (Wildman–Crippen MR) is 84.1 cm³/mol. The third-order valence-electron chi connectivity index (χ3n) is 3.20. The maximum Gasteiger partial charge on any atom is 0.343 e. The summed E-state index contributed by atoms with van der Waals surface area (Å²) in [5.74, 6) is -0.166. The minimum absolute atomic E-state index is 0.200. The van der Waals surface area contributed by atoms with Crippen LogP contribution in [0.1, 0.15) is 29.9 Å². The molecular weight excluding hydrogens is 282 g/mol. The van der Waals surface area contributed by atoms with Gasteiger partial charge in [-0.1, -0.05) is 25.1 Å². The maximum atomic E-state index is 12.2. The summed E-state index contributed by atoms with van der Waals surface area (Å²) in [5.41, 5.74) is 7.88. The Hall–Kier alpha value is -2.34. The molecule has 0 amide bonds. The molecule has 0 atom stereocenters. The van der Waals surface area contributed by atoms with Crippen LogP contribution in [0.15, 0.2) is 30.3 Å². The van der Waals surface area contributed by atoms with Crippen molar-refractivity contribution in [3.8, 4) is 5.69 Å². The number of hydrogen-bond donors (Lipinski definition) is 1. The molecule has 22 heavy (non-hydrogen) atoms. The third kappa shape index (κ3) is 3.46. The van der Waals surface area contributed by atoms with Crippen LogP contribution < -0.4 is 5.73 Å². The molecule has 0 spiro atoms. The van der Waals surface area contributed by atoms with Gasteiger partial charge in [-0.15, -0.1) is 0 Å². The first-order valence-electron chi connectivity index (χ1n) is 7.36. The number of nitrogens with two attached hydrogens (primary N) is 1. The van der Waals surface area contributed by atoms with Crippen molar-refractivity contribution in [2.45, 2.75) is 20.3 Å². The lowest BCUT2D eigenvalue weighted by atomic mass is 10.2. The molecule has 118 valence electrons. The van der Waals surface area contributed by atoms with E-state index < -0.39 is 5.97 Å². The number of nitrogen functional groups attached to an aromatic ring is 1. The van der Waals surface area contributed by atoms with Gasteiger partial charge in [-0.05, 0) is 25.5 Å². The Bertz CT molecular complexity index is 623. The molecule has 1 aromatic heterocycles. The minimum atomic E-state index is -0.462. The molecule has 2 rings (SSSR count). The zero-order chi connectivity index (χ0) is 15.9. The van der Waals surface area contributed by atoms with Crippen LogP contribution in [0, 0.1) is 0 Å². The van der Waals surface area contributed by atoms with Gasteiger partial charge in [0.15, 0.2) is 0 Å². The van der Waals surface area contributed by atoms with E-state index in [0.29, 0.717) is 36.7 Å². The van der Waals surface area contributed by atoms with Crippen LogP contribution in [0.25, 0.3) is 5.69 Å². The van der Waals surface area contributed by atoms with Crippen LogP contribution in [-0.4, -0.2) is 35.6 Å². The van der Waals surface area contributed by atoms with Gasteiger partial charge in [-0.3, -0.25) is 0 Å². The van der Waals surface area contributed by atoms with Crippen molar-refractivity contribution in [3.05, 3.63) is 41.6 Å². The fourth-order valence-corrected chi connectivity index (χ4v) is 2.12. The van der Waals surface area contributed by atoms with Crippen molar-refractivity contribution < 1.29 is 14.3 Å². The van der Waals surface area contributed by atoms with Crippen LogP contribution in [0.3, 0.4) is 0 Å². The first-order valence-corrected chi connectivity index (χ1v) is 7.36. The molecule has 0 aliphatic carbocycles. The van der Waals surface area contributed by atoms with Gasteiger partial charge in [0.1, 0.15) is 18.0 Å². The number of esters is 1. The predicted octanol–water partition coefficient (Wildman–Crippen LogP) is 2.21. The summed E-state index contributed by atoms with van der Waals surface area (Å²) in [4.78, 5) is 12.2. The van der Waals surface area contributed by atoms with E-state index in [0.717, 1.165) is 5.69 Å². The summed E-state index contributed by atoms with van der Waals surface area (Å²) in [5, 5.41) is 4.42. The summed E-state index contributed by atoms with van der Waals surface area (Å²) < 4.78 is 11.9. The normalized spacial score (nSPS) is 10.6. The number of aryl methyl sites for hydroxylation is 1. The molecule has 0 aliphatic rings. The van der Waals surface area contributed by atoms with Crippen molar-refractivity contribution in [2.75, 3.05) is 25.6 Å². The molecule has 0 aliphatic heterocycles. The monoisotopic (exact) mass is 303 g/mol. The number of carbonyl (C=O) groups is 1. The molecule has 2 N–H and O–H groups in total. The maximum absolute atomic E-state index is 12.2. The van der Waals surface area contributed by atoms with Crippen molar-refractivity contribution >= 4 is 11.8 Å². The molecule has 0 radical (unpaired) electrons. The molecule has 0 saturated heterocycles. The Balaban J connectivity index is 2.24. The first-order chi connectivity index (χ1) is 10.7. The second-order valence-electron chi connectivity index (χ2n) is 4.64. The Morgan fingerprint density at radius 1 is 1.23 bits per heavy atom. The first kappa shape index (κ1) is 16.0. The molecule has 6 nitrogen and oxygen atoms in total. The molecule has 1 heterocycles. The molecule has 0 fully saturated rings. The average Bonchev–Trinajstić information content (AvgIpc) is 2.89.